The van der Waals surface area contributed by atoms with E-state index in [-0.39, 0.29) is 0 Å². The van der Waals surface area contributed by atoms with Gasteiger partial charge in [0.05, 0.1) is 44.1 Å². The van der Waals surface area contributed by atoms with Gasteiger partial charge >= 0.3 is 0 Å². The molecule has 89 heavy (non-hydrogen) atoms. The Morgan fingerprint density at radius 1 is 0.157 bits per heavy atom. The van der Waals surface area contributed by atoms with Gasteiger partial charge in [0.1, 0.15) is 11.2 Å². The molecule has 414 valence electrons. The average molecular weight is 1130 g/mol. The summed E-state index contributed by atoms with van der Waals surface area (Å²) in [5.74, 6) is 0. The van der Waals surface area contributed by atoms with Crippen molar-refractivity contribution in [1.82, 2.24) is 18.3 Å². The van der Waals surface area contributed by atoms with Gasteiger partial charge in [-0.2, -0.15) is 0 Å². The van der Waals surface area contributed by atoms with Gasteiger partial charge in [-0.05, 0) is 178 Å². The van der Waals surface area contributed by atoms with Gasteiger partial charge in [0, 0.05) is 76.6 Å². The molecule has 0 unspecified atom stereocenters. The van der Waals surface area contributed by atoms with E-state index in [2.05, 4.69) is 322 Å². The van der Waals surface area contributed by atoms with Crippen LogP contribution in [0.1, 0.15) is 0 Å². The molecule has 5 nitrogen and oxygen atoms in total. The second-order valence-corrected chi connectivity index (χ2v) is 23.6. The first kappa shape index (κ1) is 49.4. The van der Waals surface area contributed by atoms with Crippen LogP contribution in [-0.2, 0) is 0 Å². The van der Waals surface area contributed by atoms with Gasteiger partial charge in [-0.1, -0.05) is 182 Å². The molecule has 0 aliphatic rings. The normalized spacial score (nSPS) is 12.0. The Kier molecular flexibility index (Phi) is 10.7. The van der Waals surface area contributed by atoms with Gasteiger partial charge in [-0.15, -0.1) is 0 Å². The number of hydrogen-bond donors (Lipinski definition) is 0. The SMILES string of the molecule is c1cc(-c2ccc3c(c2)c2ccccc2n3-c2cccc(-c3ccc4oc5ccccc5c4c3)c2)cc(-c2ccc3c(c2)c2ccccc2n3-c2cccc(-n3c4ccccc4c4cc(-c5cccc(-n6c7ccccc7c7ccccc76)c5)ccc43)c2)c1. The Morgan fingerprint density at radius 3 is 0.843 bits per heavy atom. The van der Waals surface area contributed by atoms with E-state index in [1.54, 1.807) is 0 Å². The fraction of sp³-hybridized carbons (Fsp3) is 0. The van der Waals surface area contributed by atoms with Crippen molar-refractivity contribution in [2.45, 2.75) is 0 Å². The van der Waals surface area contributed by atoms with Crippen molar-refractivity contribution in [3.63, 3.8) is 0 Å². The van der Waals surface area contributed by atoms with Crippen LogP contribution >= 0.6 is 0 Å². The van der Waals surface area contributed by atoms with E-state index in [0.717, 1.165) is 55.8 Å². The molecule has 5 aromatic heterocycles. The molecule has 0 saturated heterocycles. The van der Waals surface area contributed by atoms with E-state index >= 15 is 0 Å². The molecule has 0 atom stereocenters. The smallest absolute Gasteiger partial charge is 0.135 e. The third kappa shape index (κ3) is 7.62. The van der Waals surface area contributed by atoms with Crippen LogP contribution in [0.25, 0.3) is 176 Å². The Balaban J connectivity index is 0.665. The average Bonchev–Trinajstić information content (AvgIpc) is 2.59. The first-order valence-corrected chi connectivity index (χ1v) is 30.5. The molecule has 0 aliphatic carbocycles. The predicted octanol–water partition coefficient (Wildman–Crippen LogP) is 22.6. The highest BCUT2D eigenvalue weighted by molar-refractivity contribution is 6.14. The fourth-order valence-electron chi connectivity index (χ4n) is 14.7. The Labute approximate surface area is 511 Å². The van der Waals surface area contributed by atoms with E-state index in [1.165, 1.54) is 121 Å². The molecule has 19 rings (SSSR count). The van der Waals surface area contributed by atoms with Gasteiger partial charge in [-0.25, -0.2) is 0 Å². The van der Waals surface area contributed by atoms with Crippen molar-refractivity contribution in [3.8, 4) is 67.3 Å². The zero-order valence-corrected chi connectivity index (χ0v) is 48.2. The molecule has 0 fully saturated rings. The number of aromatic nitrogens is 4. The summed E-state index contributed by atoms with van der Waals surface area (Å²) in [6, 6.07) is 116. The van der Waals surface area contributed by atoms with Gasteiger partial charge < -0.3 is 22.7 Å². The number of fused-ring (bicyclic) bond motifs is 15. The number of benzene rings is 14. The Bertz CT molecular complexity index is 6080. The molecule has 0 amide bonds. The molecule has 5 heteroatoms. The summed E-state index contributed by atoms with van der Waals surface area (Å²) in [7, 11) is 0. The Morgan fingerprint density at radius 2 is 0.427 bits per heavy atom. The van der Waals surface area contributed by atoms with E-state index < -0.39 is 0 Å². The van der Waals surface area contributed by atoms with Crippen LogP contribution in [0.5, 0.6) is 0 Å². The van der Waals surface area contributed by atoms with Gasteiger partial charge in [0.2, 0.25) is 0 Å². The highest BCUT2D eigenvalue weighted by Gasteiger charge is 2.20. The molecule has 14 aromatic carbocycles. The maximum Gasteiger partial charge on any atom is 0.135 e. The molecule has 19 aromatic rings. The molecule has 0 bridgehead atoms. The summed E-state index contributed by atoms with van der Waals surface area (Å²) >= 11 is 0. The van der Waals surface area contributed by atoms with Crippen molar-refractivity contribution in [2.24, 2.45) is 0 Å². The van der Waals surface area contributed by atoms with Crippen molar-refractivity contribution in [1.29, 1.82) is 0 Å². The molecule has 5 heterocycles. The summed E-state index contributed by atoms with van der Waals surface area (Å²) in [5.41, 5.74) is 25.1. The zero-order valence-electron chi connectivity index (χ0n) is 48.2. The third-order valence-electron chi connectivity index (χ3n) is 18.7. The van der Waals surface area contributed by atoms with Gasteiger partial charge in [0.25, 0.3) is 0 Å². The minimum Gasteiger partial charge on any atom is -0.456 e. The summed E-state index contributed by atoms with van der Waals surface area (Å²) in [6.45, 7) is 0. The lowest BCUT2D eigenvalue weighted by atomic mass is 9.97. The van der Waals surface area contributed by atoms with Crippen LogP contribution in [0.4, 0.5) is 0 Å². The van der Waals surface area contributed by atoms with Crippen LogP contribution < -0.4 is 0 Å². The molecule has 0 N–H and O–H groups in total. The minimum absolute atomic E-state index is 0.903. The molecule has 0 saturated carbocycles. The lowest BCUT2D eigenvalue weighted by Crippen LogP contribution is -1.98. The number of para-hydroxylation sites is 6. The van der Waals surface area contributed by atoms with Crippen LogP contribution in [0, 0.1) is 0 Å². The molecule has 0 aliphatic heterocycles. The van der Waals surface area contributed by atoms with Gasteiger partial charge in [-0.3, -0.25) is 0 Å². The van der Waals surface area contributed by atoms with E-state index in [9.17, 15) is 0 Å². The van der Waals surface area contributed by atoms with Crippen LogP contribution in [-0.4, -0.2) is 18.3 Å². The molecule has 0 radical (unpaired) electrons. The van der Waals surface area contributed by atoms with Crippen molar-refractivity contribution >= 4 is 109 Å². The largest absolute Gasteiger partial charge is 0.456 e. The molecular formula is C84H52N4O. The first-order valence-electron chi connectivity index (χ1n) is 30.5. The number of nitrogens with zero attached hydrogens (tertiary/aromatic N) is 4. The summed E-state index contributed by atoms with van der Waals surface area (Å²) in [5, 5.41) is 12.1. The highest BCUT2D eigenvalue weighted by atomic mass is 16.3. The maximum absolute atomic E-state index is 6.19. The second kappa shape index (κ2) is 19.3. The monoisotopic (exact) mass is 1130 g/mol. The predicted molar refractivity (Wildman–Crippen MR) is 373 cm³/mol. The number of rotatable bonds is 8. The number of hydrogen-bond acceptors (Lipinski definition) is 1. The first-order chi connectivity index (χ1) is 44.1. The summed E-state index contributed by atoms with van der Waals surface area (Å²) < 4.78 is 15.9. The lowest BCUT2D eigenvalue weighted by molar-refractivity contribution is 0.669. The lowest BCUT2D eigenvalue weighted by Gasteiger charge is -2.13. The minimum atomic E-state index is 0.903. The van der Waals surface area contributed by atoms with Crippen molar-refractivity contribution in [3.05, 3.63) is 315 Å². The maximum atomic E-state index is 6.19. The summed E-state index contributed by atoms with van der Waals surface area (Å²) in [6.07, 6.45) is 0. The zero-order chi connectivity index (χ0) is 58.3. The van der Waals surface area contributed by atoms with E-state index in [0.29, 0.717) is 0 Å². The third-order valence-corrected chi connectivity index (χ3v) is 18.7. The molecular weight excluding hydrogens is 1080 g/mol. The topological polar surface area (TPSA) is 32.9 Å². The Hall–Kier alpha value is -11.9. The number of furan rings is 1. The van der Waals surface area contributed by atoms with Crippen LogP contribution in [0.15, 0.2) is 320 Å². The van der Waals surface area contributed by atoms with E-state index in [4.69, 9.17) is 4.42 Å². The highest BCUT2D eigenvalue weighted by Crippen LogP contribution is 2.42. The second-order valence-electron chi connectivity index (χ2n) is 23.6. The standard InChI is InChI=1S/C84H52N4O/c1-7-31-75-65(25-1)66-26-2-8-32-76(66)85(75)61-21-14-19-55(46-61)59-39-43-82-73(50-59)69-29-5-11-35-79(69)88(82)64-24-16-23-63(52-64)87-78-34-10-4-28-68(78)72-49-58(38-42-81(72)87)54-18-13-17-53(45-54)57-37-41-80-71(48-57)67-27-3-9-33-77(67)86(80)62-22-15-20-56(47-62)60-40-44-84-74(51-60)70-30-6-12-36-83(70)89-84/h1-52H. The quantitative estimate of drug-likeness (QED) is 0.149. The van der Waals surface area contributed by atoms with Crippen LogP contribution in [0.2, 0.25) is 0 Å². The van der Waals surface area contributed by atoms with Gasteiger partial charge in [0.15, 0.2) is 0 Å². The van der Waals surface area contributed by atoms with Crippen molar-refractivity contribution < 1.29 is 4.42 Å². The van der Waals surface area contributed by atoms with Crippen LogP contribution in [0.3, 0.4) is 0 Å². The van der Waals surface area contributed by atoms with E-state index in [1.807, 2.05) is 12.1 Å². The van der Waals surface area contributed by atoms with Crippen molar-refractivity contribution in [2.75, 3.05) is 0 Å². The molecule has 0 spiro atoms. The summed E-state index contributed by atoms with van der Waals surface area (Å²) in [4.78, 5) is 0. The fourth-order valence-corrected chi connectivity index (χ4v) is 14.7.